The van der Waals surface area contributed by atoms with Crippen molar-refractivity contribution in [3.63, 3.8) is 0 Å². The molecule has 1 aliphatic rings. The molecule has 0 saturated heterocycles. The second kappa shape index (κ2) is 8.76. The number of nitrogens with one attached hydrogen (secondary N) is 1. The quantitative estimate of drug-likeness (QED) is 0.722. The number of aliphatic carboxylic acids is 1. The number of methoxy groups -OCH3 is 1. The van der Waals surface area contributed by atoms with Gasteiger partial charge in [-0.1, -0.05) is 12.1 Å². The lowest BCUT2D eigenvalue weighted by Crippen LogP contribution is -2.34. The Morgan fingerprint density at radius 1 is 1.18 bits per heavy atom. The molecule has 0 unspecified atom stereocenters. The smallest absolute Gasteiger partial charge is 0.306 e. The SMILES string of the molecule is COCCOc1ccc(CNC2CCC(C(=O)O)CC2)cc1. The van der Waals surface area contributed by atoms with Crippen LogP contribution in [-0.4, -0.2) is 37.4 Å². The first-order chi connectivity index (χ1) is 10.7. The average molecular weight is 307 g/mol. The summed E-state index contributed by atoms with van der Waals surface area (Å²) in [6.07, 6.45) is 3.43. The zero-order chi connectivity index (χ0) is 15.8. The first-order valence-electron chi connectivity index (χ1n) is 7.86. The molecule has 5 heteroatoms. The van der Waals surface area contributed by atoms with E-state index in [9.17, 15) is 4.79 Å². The van der Waals surface area contributed by atoms with Crippen LogP contribution in [0.4, 0.5) is 0 Å². The van der Waals surface area contributed by atoms with E-state index in [1.54, 1.807) is 7.11 Å². The molecule has 0 spiro atoms. The molecule has 0 heterocycles. The third kappa shape index (κ3) is 5.31. The topological polar surface area (TPSA) is 67.8 Å². The van der Waals surface area contributed by atoms with Gasteiger partial charge in [-0.05, 0) is 43.4 Å². The predicted octanol–water partition coefficient (Wildman–Crippen LogP) is 2.44. The summed E-state index contributed by atoms with van der Waals surface area (Å²) in [5.74, 6) is 0.0480. The Morgan fingerprint density at radius 2 is 1.86 bits per heavy atom. The van der Waals surface area contributed by atoms with Crippen LogP contribution in [0.15, 0.2) is 24.3 Å². The van der Waals surface area contributed by atoms with Crippen molar-refractivity contribution in [1.82, 2.24) is 5.32 Å². The summed E-state index contributed by atoms with van der Waals surface area (Å²) in [5, 5.41) is 12.5. The normalized spacial score (nSPS) is 21.5. The standard InChI is InChI=1S/C17H25NO4/c1-21-10-11-22-16-8-2-13(3-9-16)12-18-15-6-4-14(5-7-15)17(19)20/h2-3,8-9,14-15,18H,4-7,10-12H2,1H3,(H,19,20). The number of carboxylic acid groups (broad SMARTS) is 1. The van der Waals surface area contributed by atoms with Crippen molar-refractivity contribution < 1.29 is 19.4 Å². The summed E-state index contributed by atoms with van der Waals surface area (Å²) in [4.78, 5) is 10.9. The summed E-state index contributed by atoms with van der Waals surface area (Å²) in [7, 11) is 1.65. The molecule has 0 aliphatic heterocycles. The lowest BCUT2D eigenvalue weighted by atomic mass is 9.86. The molecule has 122 valence electrons. The van der Waals surface area contributed by atoms with Crippen LogP contribution >= 0.6 is 0 Å². The maximum absolute atomic E-state index is 10.9. The van der Waals surface area contributed by atoms with Gasteiger partial charge in [0.1, 0.15) is 12.4 Å². The number of carbonyl (C=O) groups is 1. The van der Waals surface area contributed by atoms with E-state index in [-0.39, 0.29) is 5.92 Å². The highest BCUT2D eigenvalue weighted by molar-refractivity contribution is 5.70. The van der Waals surface area contributed by atoms with Gasteiger partial charge in [0.25, 0.3) is 0 Å². The molecule has 2 rings (SSSR count). The minimum absolute atomic E-state index is 0.151. The van der Waals surface area contributed by atoms with Crippen LogP contribution in [0.2, 0.25) is 0 Å². The van der Waals surface area contributed by atoms with Gasteiger partial charge >= 0.3 is 5.97 Å². The lowest BCUT2D eigenvalue weighted by molar-refractivity contribution is -0.142. The molecule has 0 bridgehead atoms. The van der Waals surface area contributed by atoms with Crippen molar-refractivity contribution in [2.24, 2.45) is 5.92 Å². The Kier molecular flexibility index (Phi) is 6.68. The van der Waals surface area contributed by atoms with Crippen LogP contribution in [0.25, 0.3) is 0 Å². The van der Waals surface area contributed by atoms with E-state index >= 15 is 0 Å². The first kappa shape index (κ1) is 16.8. The lowest BCUT2D eigenvalue weighted by Gasteiger charge is -2.27. The van der Waals surface area contributed by atoms with E-state index in [0.717, 1.165) is 38.0 Å². The summed E-state index contributed by atoms with van der Waals surface area (Å²) < 4.78 is 10.5. The molecule has 0 atom stereocenters. The molecule has 0 amide bonds. The van der Waals surface area contributed by atoms with Crippen molar-refractivity contribution in [2.75, 3.05) is 20.3 Å². The second-order valence-electron chi connectivity index (χ2n) is 5.75. The Balaban J connectivity index is 1.70. The summed E-state index contributed by atoms with van der Waals surface area (Å²) in [5.41, 5.74) is 1.21. The van der Waals surface area contributed by atoms with Gasteiger partial charge in [0.05, 0.1) is 12.5 Å². The van der Waals surface area contributed by atoms with Gasteiger partial charge in [-0.15, -0.1) is 0 Å². The van der Waals surface area contributed by atoms with Gasteiger partial charge in [0, 0.05) is 19.7 Å². The van der Waals surface area contributed by atoms with Gasteiger partial charge in [-0.25, -0.2) is 0 Å². The second-order valence-corrected chi connectivity index (χ2v) is 5.75. The number of hydrogen-bond donors (Lipinski definition) is 2. The van der Waals surface area contributed by atoms with E-state index in [1.807, 2.05) is 12.1 Å². The molecule has 1 aromatic rings. The fraction of sp³-hybridized carbons (Fsp3) is 0.588. The number of rotatable bonds is 8. The highest BCUT2D eigenvalue weighted by Gasteiger charge is 2.25. The number of carboxylic acids is 1. The van der Waals surface area contributed by atoms with Crippen LogP contribution in [0.5, 0.6) is 5.75 Å². The van der Waals surface area contributed by atoms with E-state index < -0.39 is 5.97 Å². The van der Waals surface area contributed by atoms with Crippen molar-refractivity contribution in [3.05, 3.63) is 29.8 Å². The molecule has 2 N–H and O–H groups in total. The van der Waals surface area contributed by atoms with Crippen molar-refractivity contribution >= 4 is 5.97 Å². The van der Waals surface area contributed by atoms with Crippen molar-refractivity contribution in [1.29, 1.82) is 0 Å². The monoisotopic (exact) mass is 307 g/mol. The Labute approximate surface area is 131 Å². The van der Waals surface area contributed by atoms with Crippen LogP contribution in [0, 0.1) is 5.92 Å². The van der Waals surface area contributed by atoms with E-state index in [1.165, 1.54) is 5.56 Å². The van der Waals surface area contributed by atoms with Gasteiger partial charge in [-0.3, -0.25) is 4.79 Å². The Bertz CT molecular complexity index is 452. The number of ether oxygens (including phenoxy) is 2. The summed E-state index contributed by atoms with van der Waals surface area (Å²) in [6, 6.07) is 8.46. The van der Waals surface area contributed by atoms with Crippen molar-refractivity contribution in [2.45, 2.75) is 38.3 Å². The first-order valence-corrected chi connectivity index (χ1v) is 7.86. The van der Waals surface area contributed by atoms with Crippen LogP contribution in [-0.2, 0) is 16.1 Å². The van der Waals surface area contributed by atoms with Gasteiger partial charge in [0.2, 0.25) is 0 Å². The maximum Gasteiger partial charge on any atom is 0.306 e. The largest absolute Gasteiger partial charge is 0.491 e. The van der Waals surface area contributed by atoms with E-state index in [2.05, 4.69) is 17.4 Å². The maximum atomic E-state index is 10.9. The van der Waals surface area contributed by atoms with Crippen molar-refractivity contribution in [3.8, 4) is 5.75 Å². The molecule has 1 saturated carbocycles. The molecule has 1 aliphatic carbocycles. The van der Waals surface area contributed by atoms with E-state index in [4.69, 9.17) is 14.6 Å². The zero-order valence-electron chi connectivity index (χ0n) is 13.1. The summed E-state index contributed by atoms with van der Waals surface area (Å²) in [6.45, 7) is 1.95. The number of hydrogen-bond acceptors (Lipinski definition) is 4. The molecule has 0 aromatic heterocycles. The molecule has 22 heavy (non-hydrogen) atoms. The molecular weight excluding hydrogens is 282 g/mol. The molecule has 1 aromatic carbocycles. The van der Waals surface area contributed by atoms with E-state index in [0.29, 0.717) is 19.3 Å². The van der Waals surface area contributed by atoms with Gasteiger partial charge in [-0.2, -0.15) is 0 Å². The summed E-state index contributed by atoms with van der Waals surface area (Å²) >= 11 is 0. The minimum Gasteiger partial charge on any atom is -0.491 e. The van der Waals surface area contributed by atoms with Crippen LogP contribution < -0.4 is 10.1 Å². The van der Waals surface area contributed by atoms with Gasteiger partial charge < -0.3 is 19.9 Å². The highest BCUT2D eigenvalue weighted by atomic mass is 16.5. The fourth-order valence-corrected chi connectivity index (χ4v) is 2.75. The minimum atomic E-state index is -0.650. The Hall–Kier alpha value is -1.59. The number of benzene rings is 1. The molecule has 0 radical (unpaired) electrons. The zero-order valence-corrected chi connectivity index (χ0v) is 13.1. The van der Waals surface area contributed by atoms with Crippen LogP contribution in [0.1, 0.15) is 31.2 Å². The van der Waals surface area contributed by atoms with Gasteiger partial charge in [0.15, 0.2) is 0 Å². The predicted molar refractivity (Wildman–Crippen MR) is 84.0 cm³/mol. The molecule has 5 nitrogen and oxygen atoms in total. The Morgan fingerprint density at radius 3 is 2.45 bits per heavy atom. The molecular formula is C17H25NO4. The third-order valence-corrected chi connectivity index (χ3v) is 4.15. The van der Waals surface area contributed by atoms with Crippen LogP contribution in [0.3, 0.4) is 0 Å². The fourth-order valence-electron chi connectivity index (χ4n) is 2.75. The average Bonchev–Trinajstić information content (AvgIpc) is 2.55. The third-order valence-electron chi connectivity index (χ3n) is 4.15. The molecule has 1 fully saturated rings. The highest BCUT2D eigenvalue weighted by Crippen LogP contribution is 2.24.